The summed E-state index contributed by atoms with van der Waals surface area (Å²) < 4.78 is 28.5. The van der Waals surface area contributed by atoms with Gasteiger partial charge in [-0.05, 0) is 19.1 Å². The molecule has 1 aliphatic rings. The first-order valence-electron chi connectivity index (χ1n) is 6.88. The lowest BCUT2D eigenvalue weighted by Gasteiger charge is -2.34. The van der Waals surface area contributed by atoms with Gasteiger partial charge in [0.1, 0.15) is 0 Å². The van der Waals surface area contributed by atoms with Gasteiger partial charge in [0.15, 0.2) is 0 Å². The van der Waals surface area contributed by atoms with Crippen molar-refractivity contribution in [2.24, 2.45) is 0 Å². The zero-order valence-electron chi connectivity index (χ0n) is 11.4. The van der Waals surface area contributed by atoms with Crippen LogP contribution in [0, 0.1) is 0 Å². The normalized spacial score (nSPS) is 18.6. The predicted octanol–water partition coefficient (Wildman–Crippen LogP) is 2.87. The molecule has 1 aromatic carbocycles. The van der Waals surface area contributed by atoms with E-state index in [1.165, 1.54) is 0 Å². The Kier molecular flexibility index (Phi) is 3.03. The van der Waals surface area contributed by atoms with Gasteiger partial charge in [-0.25, -0.2) is 8.78 Å². The third-order valence-corrected chi connectivity index (χ3v) is 3.87. The number of benzene rings is 1. The van der Waals surface area contributed by atoms with E-state index in [-0.39, 0.29) is 12.8 Å². The minimum Gasteiger partial charge on any atom is -0.399 e. The van der Waals surface area contributed by atoms with Gasteiger partial charge in [0, 0.05) is 43.5 Å². The van der Waals surface area contributed by atoms with E-state index in [9.17, 15) is 8.78 Å². The summed E-state index contributed by atoms with van der Waals surface area (Å²) in [6, 6.07) is 3.73. The Hall–Kier alpha value is -1.85. The minimum atomic E-state index is -2.54. The fourth-order valence-electron chi connectivity index (χ4n) is 2.79. The molecular weight excluding hydrogens is 262 g/mol. The molecule has 0 atom stereocenters. The molecule has 0 aliphatic carbocycles. The zero-order chi connectivity index (χ0) is 14.3. The van der Waals surface area contributed by atoms with Gasteiger partial charge in [0.25, 0.3) is 5.92 Å². The Labute approximate surface area is 116 Å². The second-order valence-corrected chi connectivity index (χ2v) is 5.28. The van der Waals surface area contributed by atoms with Crippen LogP contribution >= 0.6 is 0 Å². The van der Waals surface area contributed by atoms with Gasteiger partial charge in [-0.2, -0.15) is 5.10 Å². The molecule has 1 fully saturated rings. The van der Waals surface area contributed by atoms with Gasteiger partial charge in [-0.15, -0.1) is 0 Å². The maximum atomic E-state index is 13.3. The molecule has 6 heteroatoms. The summed E-state index contributed by atoms with van der Waals surface area (Å²) in [6.45, 7) is 3.45. The van der Waals surface area contributed by atoms with Gasteiger partial charge < -0.3 is 10.6 Å². The molecule has 0 unspecified atom stereocenters. The van der Waals surface area contributed by atoms with Crippen molar-refractivity contribution in [2.45, 2.75) is 32.2 Å². The third kappa shape index (κ3) is 2.19. The molecule has 0 spiro atoms. The topological polar surface area (TPSA) is 47.1 Å². The summed E-state index contributed by atoms with van der Waals surface area (Å²) in [5, 5.41) is 5.28. The number of halogens is 2. The first-order chi connectivity index (χ1) is 9.50. The fraction of sp³-hybridized carbons (Fsp3) is 0.500. The molecule has 108 valence electrons. The molecule has 2 aromatic rings. The zero-order valence-corrected chi connectivity index (χ0v) is 11.4. The number of fused-ring (bicyclic) bond motifs is 1. The number of hydrogen-bond acceptors (Lipinski definition) is 3. The standard InChI is InChI=1S/C14H18F2N4/c1-2-20-13-10(9-18-20)7-11(17)8-12(13)19-5-3-14(15,16)4-6-19/h7-9H,2-6,17H2,1H3. The van der Waals surface area contributed by atoms with Crippen LogP contribution in [-0.4, -0.2) is 28.8 Å². The average molecular weight is 280 g/mol. The summed E-state index contributed by atoms with van der Waals surface area (Å²) in [7, 11) is 0. The molecule has 0 saturated carbocycles. The molecule has 1 aliphatic heterocycles. The van der Waals surface area contributed by atoms with E-state index >= 15 is 0 Å². The van der Waals surface area contributed by atoms with Crippen molar-refractivity contribution in [3.8, 4) is 0 Å². The van der Waals surface area contributed by atoms with Crippen LogP contribution in [0.5, 0.6) is 0 Å². The smallest absolute Gasteiger partial charge is 0.251 e. The molecule has 20 heavy (non-hydrogen) atoms. The highest BCUT2D eigenvalue weighted by atomic mass is 19.3. The lowest BCUT2D eigenvalue weighted by atomic mass is 10.1. The van der Waals surface area contributed by atoms with E-state index in [4.69, 9.17) is 5.73 Å². The SMILES string of the molecule is CCn1ncc2cc(N)cc(N3CCC(F)(F)CC3)c21. The monoisotopic (exact) mass is 280 g/mol. The number of anilines is 2. The number of aryl methyl sites for hydroxylation is 1. The molecule has 3 rings (SSSR count). The highest BCUT2D eigenvalue weighted by Crippen LogP contribution is 2.35. The van der Waals surface area contributed by atoms with Gasteiger partial charge >= 0.3 is 0 Å². The quantitative estimate of drug-likeness (QED) is 0.860. The van der Waals surface area contributed by atoms with Crippen molar-refractivity contribution in [2.75, 3.05) is 23.7 Å². The lowest BCUT2D eigenvalue weighted by Crippen LogP contribution is -2.39. The van der Waals surface area contributed by atoms with Crippen LogP contribution in [0.25, 0.3) is 10.9 Å². The molecule has 0 bridgehead atoms. The number of alkyl halides is 2. The Morgan fingerprint density at radius 1 is 1.30 bits per heavy atom. The van der Waals surface area contributed by atoms with Crippen molar-refractivity contribution < 1.29 is 8.78 Å². The van der Waals surface area contributed by atoms with Crippen LogP contribution in [0.4, 0.5) is 20.2 Å². The number of hydrogen-bond donors (Lipinski definition) is 1. The van der Waals surface area contributed by atoms with E-state index in [2.05, 4.69) is 5.10 Å². The molecule has 1 aromatic heterocycles. The minimum absolute atomic E-state index is 0.108. The van der Waals surface area contributed by atoms with Crippen LogP contribution in [-0.2, 0) is 6.54 Å². The maximum Gasteiger partial charge on any atom is 0.251 e. The van der Waals surface area contributed by atoms with Crippen LogP contribution in [0.1, 0.15) is 19.8 Å². The van der Waals surface area contributed by atoms with E-state index in [1.54, 1.807) is 6.20 Å². The van der Waals surface area contributed by atoms with Crippen LogP contribution < -0.4 is 10.6 Å². The molecular formula is C14H18F2N4. The highest BCUT2D eigenvalue weighted by molar-refractivity contribution is 5.94. The number of nitrogen functional groups attached to an aromatic ring is 1. The number of piperidine rings is 1. The molecule has 0 radical (unpaired) electrons. The Bertz CT molecular complexity index is 625. The number of aromatic nitrogens is 2. The van der Waals surface area contributed by atoms with Gasteiger partial charge in [-0.3, -0.25) is 4.68 Å². The largest absolute Gasteiger partial charge is 0.399 e. The lowest BCUT2D eigenvalue weighted by molar-refractivity contribution is -0.0220. The molecule has 4 nitrogen and oxygen atoms in total. The Morgan fingerprint density at radius 3 is 2.65 bits per heavy atom. The van der Waals surface area contributed by atoms with Crippen molar-refractivity contribution in [1.82, 2.24) is 9.78 Å². The van der Waals surface area contributed by atoms with Crippen LogP contribution in [0.15, 0.2) is 18.3 Å². The first-order valence-corrected chi connectivity index (χ1v) is 6.88. The number of rotatable bonds is 2. The third-order valence-electron chi connectivity index (χ3n) is 3.87. The second-order valence-electron chi connectivity index (χ2n) is 5.28. The first kappa shape index (κ1) is 13.1. The summed E-state index contributed by atoms with van der Waals surface area (Å²) >= 11 is 0. The van der Waals surface area contributed by atoms with E-state index in [0.29, 0.717) is 18.8 Å². The van der Waals surface area contributed by atoms with Crippen molar-refractivity contribution >= 4 is 22.3 Å². The van der Waals surface area contributed by atoms with E-state index in [0.717, 1.165) is 23.1 Å². The molecule has 1 saturated heterocycles. The summed E-state index contributed by atoms with van der Waals surface area (Å²) in [6.07, 6.45) is 1.56. The number of nitrogens with two attached hydrogens (primary N) is 1. The molecule has 2 N–H and O–H groups in total. The van der Waals surface area contributed by atoms with Crippen molar-refractivity contribution in [1.29, 1.82) is 0 Å². The fourth-order valence-corrected chi connectivity index (χ4v) is 2.79. The van der Waals surface area contributed by atoms with Crippen molar-refractivity contribution in [3.63, 3.8) is 0 Å². The summed E-state index contributed by atoms with van der Waals surface area (Å²) in [4.78, 5) is 1.99. The highest BCUT2D eigenvalue weighted by Gasteiger charge is 2.34. The second kappa shape index (κ2) is 4.61. The summed E-state index contributed by atoms with van der Waals surface area (Å²) in [5.41, 5.74) is 8.45. The van der Waals surface area contributed by atoms with Gasteiger partial charge in [0.05, 0.1) is 17.4 Å². The average Bonchev–Trinajstić information content (AvgIpc) is 2.80. The number of nitrogens with zero attached hydrogens (tertiary/aromatic N) is 3. The van der Waals surface area contributed by atoms with Crippen molar-refractivity contribution in [3.05, 3.63) is 18.3 Å². The maximum absolute atomic E-state index is 13.3. The van der Waals surface area contributed by atoms with Gasteiger partial charge in [-0.1, -0.05) is 0 Å². The summed E-state index contributed by atoms with van der Waals surface area (Å²) in [5.74, 6) is -2.54. The van der Waals surface area contributed by atoms with E-state index < -0.39 is 5.92 Å². The predicted molar refractivity (Wildman–Crippen MR) is 76.2 cm³/mol. The molecule has 0 amide bonds. The Morgan fingerprint density at radius 2 is 2.00 bits per heavy atom. The Balaban J connectivity index is 2.04. The van der Waals surface area contributed by atoms with Gasteiger partial charge in [0.2, 0.25) is 0 Å². The van der Waals surface area contributed by atoms with E-state index in [1.807, 2.05) is 28.6 Å². The molecule has 2 heterocycles. The van der Waals surface area contributed by atoms with Crippen LogP contribution in [0.3, 0.4) is 0 Å². The van der Waals surface area contributed by atoms with Crippen LogP contribution in [0.2, 0.25) is 0 Å².